The summed E-state index contributed by atoms with van der Waals surface area (Å²) < 4.78 is 27.7. The van der Waals surface area contributed by atoms with E-state index >= 15 is 0 Å². The second-order valence-electron chi connectivity index (χ2n) is 7.02. The first-order valence-electron chi connectivity index (χ1n) is 9.84. The van der Waals surface area contributed by atoms with Crippen LogP contribution in [0.3, 0.4) is 0 Å². The minimum absolute atomic E-state index is 0.173. The zero-order valence-corrected chi connectivity index (χ0v) is 17.7. The standard InChI is InChI=1S/C22H30N2O3S/c1-4-6-11-18(5-2)16-23-22(25)20-14-10-15-21(17(20)3)24-28(26,27)19-12-8-7-9-13-19/h7-10,12-15,18,24H,4-6,11,16H2,1-3H3,(H,23,25)/t18-/m0/s1. The maximum absolute atomic E-state index is 12.7. The van der Waals surface area contributed by atoms with Crippen LogP contribution in [0.25, 0.3) is 0 Å². The predicted molar refractivity (Wildman–Crippen MR) is 114 cm³/mol. The van der Waals surface area contributed by atoms with Crippen LogP contribution >= 0.6 is 0 Å². The van der Waals surface area contributed by atoms with Crippen molar-refractivity contribution < 1.29 is 13.2 Å². The van der Waals surface area contributed by atoms with Crippen LogP contribution in [-0.2, 0) is 10.0 Å². The van der Waals surface area contributed by atoms with Gasteiger partial charge in [0.05, 0.1) is 10.6 Å². The van der Waals surface area contributed by atoms with Crippen LogP contribution in [0.2, 0.25) is 0 Å². The number of benzene rings is 2. The SMILES string of the molecule is CCCC[C@H](CC)CNC(=O)c1cccc(NS(=O)(=O)c2ccccc2)c1C. The lowest BCUT2D eigenvalue weighted by Crippen LogP contribution is -2.30. The van der Waals surface area contributed by atoms with Crippen molar-refractivity contribution in [2.75, 3.05) is 11.3 Å². The monoisotopic (exact) mass is 402 g/mol. The zero-order chi connectivity index (χ0) is 20.6. The van der Waals surface area contributed by atoms with Gasteiger partial charge in [0, 0.05) is 12.1 Å². The maximum atomic E-state index is 12.7. The molecule has 0 aliphatic heterocycles. The Hall–Kier alpha value is -2.34. The van der Waals surface area contributed by atoms with Crippen molar-refractivity contribution in [3.8, 4) is 0 Å². The second-order valence-corrected chi connectivity index (χ2v) is 8.71. The first-order chi connectivity index (χ1) is 13.4. The smallest absolute Gasteiger partial charge is 0.261 e. The van der Waals surface area contributed by atoms with E-state index < -0.39 is 10.0 Å². The largest absolute Gasteiger partial charge is 0.352 e. The third kappa shape index (κ3) is 5.83. The van der Waals surface area contributed by atoms with Crippen LogP contribution in [0, 0.1) is 12.8 Å². The minimum Gasteiger partial charge on any atom is -0.352 e. The van der Waals surface area contributed by atoms with Gasteiger partial charge in [-0.1, -0.05) is 57.4 Å². The summed E-state index contributed by atoms with van der Waals surface area (Å²) in [6, 6.07) is 13.3. The quantitative estimate of drug-likeness (QED) is 0.603. The molecular weight excluding hydrogens is 372 g/mol. The molecule has 1 amide bonds. The third-order valence-corrected chi connectivity index (χ3v) is 6.35. The normalized spacial score (nSPS) is 12.4. The lowest BCUT2D eigenvalue weighted by molar-refractivity contribution is 0.0945. The lowest BCUT2D eigenvalue weighted by Gasteiger charge is -2.17. The first kappa shape index (κ1) is 22.0. The highest BCUT2D eigenvalue weighted by Gasteiger charge is 2.18. The molecule has 2 aromatic rings. The average Bonchev–Trinajstić information content (AvgIpc) is 2.70. The van der Waals surface area contributed by atoms with Crippen LogP contribution in [0.5, 0.6) is 0 Å². The molecule has 152 valence electrons. The Morgan fingerprint density at radius 3 is 2.39 bits per heavy atom. The van der Waals surface area contributed by atoms with Gasteiger partial charge in [-0.15, -0.1) is 0 Å². The van der Waals surface area contributed by atoms with Crippen LogP contribution in [0.4, 0.5) is 5.69 Å². The van der Waals surface area contributed by atoms with Crippen molar-refractivity contribution in [3.05, 3.63) is 59.7 Å². The molecule has 1 atom stereocenters. The van der Waals surface area contributed by atoms with E-state index in [2.05, 4.69) is 23.9 Å². The third-order valence-electron chi connectivity index (χ3n) is 4.97. The van der Waals surface area contributed by atoms with Crippen LogP contribution in [0.1, 0.15) is 55.5 Å². The first-order valence-corrected chi connectivity index (χ1v) is 11.3. The van der Waals surface area contributed by atoms with Crippen molar-refractivity contribution >= 4 is 21.6 Å². The number of hydrogen-bond acceptors (Lipinski definition) is 3. The fourth-order valence-electron chi connectivity index (χ4n) is 3.07. The van der Waals surface area contributed by atoms with Crippen LogP contribution < -0.4 is 10.0 Å². The second kappa shape index (κ2) is 10.3. The van der Waals surface area contributed by atoms with Gasteiger partial charge in [0.25, 0.3) is 15.9 Å². The van der Waals surface area contributed by atoms with Gasteiger partial charge in [-0.25, -0.2) is 8.42 Å². The van der Waals surface area contributed by atoms with Gasteiger partial charge >= 0.3 is 0 Å². The molecule has 5 nitrogen and oxygen atoms in total. The van der Waals surface area contributed by atoms with E-state index in [1.54, 1.807) is 43.3 Å². The highest BCUT2D eigenvalue weighted by atomic mass is 32.2. The molecule has 2 N–H and O–H groups in total. The van der Waals surface area contributed by atoms with Gasteiger partial charge in [0.1, 0.15) is 0 Å². The lowest BCUT2D eigenvalue weighted by atomic mass is 9.99. The molecule has 28 heavy (non-hydrogen) atoms. The number of carbonyl (C=O) groups excluding carboxylic acids is 1. The van der Waals surface area contributed by atoms with Crippen LogP contribution in [0.15, 0.2) is 53.4 Å². The molecule has 0 heterocycles. The molecular formula is C22H30N2O3S. The fourth-order valence-corrected chi connectivity index (χ4v) is 4.22. The summed E-state index contributed by atoms with van der Waals surface area (Å²) in [6.07, 6.45) is 4.43. The summed E-state index contributed by atoms with van der Waals surface area (Å²) in [5.41, 5.74) is 1.51. The Morgan fingerprint density at radius 1 is 1.04 bits per heavy atom. The molecule has 0 unspecified atom stereocenters. The Balaban J connectivity index is 2.13. The summed E-state index contributed by atoms with van der Waals surface area (Å²) in [5.74, 6) is 0.289. The van der Waals surface area contributed by atoms with Crippen molar-refractivity contribution in [1.82, 2.24) is 5.32 Å². The van der Waals surface area contributed by atoms with Gasteiger partial charge in [-0.2, -0.15) is 0 Å². The zero-order valence-electron chi connectivity index (χ0n) is 16.9. The number of rotatable bonds is 10. The molecule has 2 aromatic carbocycles. The van der Waals surface area contributed by atoms with Crippen molar-refractivity contribution in [1.29, 1.82) is 0 Å². The number of amides is 1. The average molecular weight is 403 g/mol. The number of unbranched alkanes of at least 4 members (excludes halogenated alkanes) is 1. The number of anilines is 1. The van der Waals surface area contributed by atoms with Gasteiger partial charge in [0.2, 0.25) is 0 Å². The van der Waals surface area contributed by atoms with E-state index in [9.17, 15) is 13.2 Å². The number of nitrogens with one attached hydrogen (secondary N) is 2. The molecule has 6 heteroatoms. The molecule has 0 spiro atoms. The summed E-state index contributed by atoms with van der Waals surface area (Å²) in [7, 11) is -3.70. The Bertz CT molecular complexity index is 880. The molecule has 0 aliphatic carbocycles. The van der Waals surface area contributed by atoms with E-state index in [0.717, 1.165) is 25.7 Å². The molecule has 0 fully saturated rings. The van der Waals surface area contributed by atoms with E-state index in [1.807, 2.05) is 0 Å². The number of hydrogen-bond donors (Lipinski definition) is 2. The Labute approximate surface area is 168 Å². The molecule has 0 bridgehead atoms. The topological polar surface area (TPSA) is 75.3 Å². The summed E-state index contributed by atoms with van der Waals surface area (Å²) in [4.78, 5) is 12.8. The maximum Gasteiger partial charge on any atom is 0.261 e. The summed E-state index contributed by atoms with van der Waals surface area (Å²) in [5, 5.41) is 3.01. The van der Waals surface area contributed by atoms with Gasteiger partial charge in [-0.3, -0.25) is 9.52 Å². The summed E-state index contributed by atoms with van der Waals surface area (Å²) in [6.45, 7) is 6.69. The van der Waals surface area contributed by atoms with Gasteiger partial charge in [0.15, 0.2) is 0 Å². The van der Waals surface area contributed by atoms with Crippen molar-refractivity contribution in [2.45, 2.75) is 51.3 Å². The predicted octanol–water partition coefficient (Wildman–Crippen LogP) is 4.74. The summed E-state index contributed by atoms with van der Waals surface area (Å²) >= 11 is 0. The van der Waals surface area contributed by atoms with Crippen molar-refractivity contribution in [2.24, 2.45) is 5.92 Å². The van der Waals surface area contributed by atoms with E-state index in [-0.39, 0.29) is 10.8 Å². The highest BCUT2D eigenvalue weighted by Crippen LogP contribution is 2.23. The molecule has 0 radical (unpaired) electrons. The Morgan fingerprint density at radius 2 is 1.75 bits per heavy atom. The number of sulfonamides is 1. The highest BCUT2D eigenvalue weighted by molar-refractivity contribution is 7.92. The molecule has 0 saturated carbocycles. The van der Waals surface area contributed by atoms with E-state index in [1.165, 1.54) is 12.1 Å². The molecule has 0 aromatic heterocycles. The molecule has 0 saturated heterocycles. The van der Waals surface area contributed by atoms with E-state index in [4.69, 9.17) is 0 Å². The number of carbonyl (C=O) groups is 1. The molecule has 2 rings (SSSR count). The minimum atomic E-state index is -3.70. The Kier molecular flexibility index (Phi) is 8.05. The van der Waals surface area contributed by atoms with Gasteiger partial charge in [-0.05, 0) is 49.1 Å². The van der Waals surface area contributed by atoms with Gasteiger partial charge < -0.3 is 5.32 Å². The van der Waals surface area contributed by atoms with E-state index in [0.29, 0.717) is 29.3 Å². The molecule has 0 aliphatic rings. The van der Waals surface area contributed by atoms with Crippen molar-refractivity contribution in [3.63, 3.8) is 0 Å². The fraction of sp³-hybridized carbons (Fsp3) is 0.409. The van der Waals surface area contributed by atoms with Crippen LogP contribution in [-0.4, -0.2) is 20.9 Å².